The summed E-state index contributed by atoms with van der Waals surface area (Å²) < 4.78 is 0. The molecule has 0 saturated heterocycles. The SMILES string of the molecule is c1ccc(-c2ccccc2CSSCc2ccccc2-c2ccccc2)cc1. The molecule has 0 aliphatic rings. The fourth-order valence-electron chi connectivity index (χ4n) is 3.30. The Morgan fingerprint density at radius 1 is 0.393 bits per heavy atom. The van der Waals surface area contributed by atoms with Gasteiger partial charge in [0.25, 0.3) is 0 Å². The third kappa shape index (κ3) is 4.70. The Balaban J connectivity index is 1.42. The second-order valence-electron chi connectivity index (χ2n) is 6.57. The smallest absolute Gasteiger partial charge is 0.0295 e. The summed E-state index contributed by atoms with van der Waals surface area (Å²) >= 11 is 0. The molecule has 4 aromatic rings. The normalized spacial score (nSPS) is 10.7. The number of hydrogen-bond donors (Lipinski definition) is 0. The van der Waals surface area contributed by atoms with Gasteiger partial charge in [-0.2, -0.15) is 0 Å². The summed E-state index contributed by atoms with van der Waals surface area (Å²) in [5.41, 5.74) is 8.03. The minimum absolute atomic E-state index is 1.00. The topological polar surface area (TPSA) is 0 Å². The zero-order valence-corrected chi connectivity index (χ0v) is 17.3. The van der Waals surface area contributed by atoms with E-state index in [1.807, 2.05) is 21.6 Å². The lowest BCUT2D eigenvalue weighted by Gasteiger charge is -2.11. The maximum absolute atomic E-state index is 2.24. The first-order valence-electron chi connectivity index (χ1n) is 9.43. The highest BCUT2D eigenvalue weighted by Crippen LogP contribution is 2.35. The van der Waals surface area contributed by atoms with Gasteiger partial charge < -0.3 is 0 Å². The molecule has 4 aromatic carbocycles. The van der Waals surface area contributed by atoms with Crippen molar-refractivity contribution in [2.75, 3.05) is 0 Å². The van der Waals surface area contributed by atoms with Crippen LogP contribution in [-0.4, -0.2) is 0 Å². The fraction of sp³-hybridized carbons (Fsp3) is 0.0769. The van der Waals surface area contributed by atoms with Crippen LogP contribution in [0.4, 0.5) is 0 Å². The van der Waals surface area contributed by atoms with Gasteiger partial charge in [-0.1, -0.05) is 131 Å². The van der Waals surface area contributed by atoms with Crippen LogP contribution in [0.15, 0.2) is 109 Å². The monoisotopic (exact) mass is 398 g/mol. The number of rotatable bonds is 7. The zero-order valence-electron chi connectivity index (χ0n) is 15.6. The zero-order chi connectivity index (χ0) is 19.0. The quantitative estimate of drug-likeness (QED) is 0.228. The van der Waals surface area contributed by atoms with Gasteiger partial charge in [0.1, 0.15) is 0 Å². The van der Waals surface area contributed by atoms with Gasteiger partial charge in [0.05, 0.1) is 0 Å². The summed E-state index contributed by atoms with van der Waals surface area (Å²) in [5.74, 6) is 2.01. The highest BCUT2D eigenvalue weighted by atomic mass is 33.1. The van der Waals surface area contributed by atoms with Gasteiger partial charge in [0.2, 0.25) is 0 Å². The average Bonchev–Trinajstić information content (AvgIpc) is 2.78. The van der Waals surface area contributed by atoms with Gasteiger partial charge in [-0.15, -0.1) is 0 Å². The van der Waals surface area contributed by atoms with Crippen LogP contribution in [-0.2, 0) is 11.5 Å². The number of benzene rings is 4. The summed E-state index contributed by atoms with van der Waals surface area (Å²) in [6, 6.07) is 38.8. The summed E-state index contributed by atoms with van der Waals surface area (Å²) in [6.45, 7) is 0. The predicted molar refractivity (Wildman–Crippen MR) is 126 cm³/mol. The van der Waals surface area contributed by atoms with Crippen LogP contribution in [0.25, 0.3) is 22.3 Å². The largest absolute Gasteiger partial charge is 0.0890 e. The first kappa shape index (κ1) is 18.9. The van der Waals surface area contributed by atoms with E-state index in [1.165, 1.54) is 33.4 Å². The molecule has 0 saturated carbocycles. The van der Waals surface area contributed by atoms with Gasteiger partial charge in [-0.3, -0.25) is 0 Å². The lowest BCUT2D eigenvalue weighted by atomic mass is 10.0. The first-order valence-corrected chi connectivity index (χ1v) is 11.9. The molecule has 0 radical (unpaired) electrons. The molecule has 0 N–H and O–H groups in total. The molecule has 0 atom stereocenters. The summed E-state index contributed by atoms with van der Waals surface area (Å²) in [4.78, 5) is 0. The van der Waals surface area contributed by atoms with Gasteiger partial charge in [-0.25, -0.2) is 0 Å². The van der Waals surface area contributed by atoms with Crippen LogP contribution in [0, 0.1) is 0 Å². The van der Waals surface area contributed by atoms with E-state index >= 15 is 0 Å². The third-order valence-corrected chi connectivity index (χ3v) is 6.95. The van der Waals surface area contributed by atoms with E-state index in [2.05, 4.69) is 109 Å². The van der Waals surface area contributed by atoms with Crippen molar-refractivity contribution in [1.82, 2.24) is 0 Å². The van der Waals surface area contributed by atoms with Gasteiger partial charge in [-0.05, 0) is 33.4 Å². The van der Waals surface area contributed by atoms with E-state index in [0.29, 0.717) is 0 Å². The van der Waals surface area contributed by atoms with E-state index < -0.39 is 0 Å². The standard InChI is InChI=1S/C26H22S2/c1-3-11-21(12-4-1)25-17-9-7-15-23(25)19-27-28-20-24-16-8-10-18-26(24)22-13-5-2-6-14-22/h1-18H,19-20H2. The van der Waals surface area contributed by atoms with Gasteiger partial charge >= 0.3 is 0 Å². The Labute approximate surface area is 175 Å². The van der Waals surface area contributed by atoms with E-state index in [9.17, 15) is 0 Å². The Morgan fingerprint density at radius 2 is 0.750 bits per heavy atom. The van der Waals surface area contributed by atoms with Crippen molar-refractivity contribution in [3.8, 4) is 22.3 Å². The maximum Gasteiger partial charge on any atom is 0.0295 e. The third-order valence-electron chi connectivity index (χ3n) is 4.72. The van der Waals surface area contributed by atoms with Crippen molar-refractivity contribution in [2.45, 2.75) is 11.5 Å². The molecule has 4 rings (SSSR count). The van der Waals surface area contributed by atoms with Crippen molar-refractivity contribution in [3.05, 3.63) is 120 Å². The Hall–Kier alpha value is -2.42. The minimum atomic E-state index is 1.00. The summed E-state index contributed by atoms with van der Waals surface area (Å²) in [5, 5.41) is 0. The van der Waals surface area contributed by atoms with Crippen LogP contribution < -0.4 is 0 Å². The summed E-state index contributed by atoms with van der Waals surface area (Å²) in [6.07, 6.45) is 0. The van der Waals surface area contributed by atoms with Crippen molar-refractivity contribution in [2.24, 2.45) is 0 Å². The molecule has 0 bridgehead atoms. The average molecular weight is 399 g/mol. The first-order chi connectivity index (χ1) is 13.9. The molecule has 0 fully saturated rings. The van der Waals surface area contributed by atoms with Crippen LogP contribution >= 0.6 is 21.6 Å². The fourth-order valence-corrected chi connectivity index (χ4v) is 5.49. The van der Waals surface area contributed by atoms with E-state index in [0.717, 1.165) is 11.5 Å². The second kappa shape index (κ2) is 9.68. The summed E-state index contributed by atoms with van der Waals surface area (Å²) in [7, 11) is 3.86. The molecular weight excluding hydrogens is 376 g/mol. The van der Waals surface area contributed by atoms with Gasteiger partial charge in [0, 0.05) is 11.5 Å². The van der Waals surface area contributed by atoms with E-state index in [4.69, 9.17) is 0 Å². The molecule has 0 aliphatic heterocycles. The van der Waals surface area contributed by atoms with Crippen molar-refractivity contribution < 1.29 is 0 Å². The van der Waals surface area contributed by atoms with Crippen molar-refractivity contribution in [1.29, 1.82) is 0 Å². The molecule has 2 heteroatoms. The van der Waals surface area contributed by atoms with Crippen LogP contribution in [0.2, 0.25) is 0 Å². The molecule has 0 heterocycles. The van der Waals surface area contributed by atoms with Crippen LogP contribution in [0.3, 0.4) is 0 Å². The Kier molecular flexibility index (Phi) is 6.54. The van der Waals surface area contributed by atoms with Crippen molar-refractivity contribution >= 4 is 21.6 Å². The van der Waals surface area contributed by atoms with Crippen LogP contribution in [0.5, 0.6) is 0 Å². The molecule has 0 aliphatic carbocycles. The number of hydrogen-bond acceptors (Lipinski definition) is 2. The molecule has 0 unspecified atom stereocenters. The molecule has 28 heavy (non-hydrogen) atoms. The van der Waals surface area contributed by atoms with E-state index in [1.54, 1.807) is 0 Å². The maximum atomic E-state index is 2.24. The predicted octanol–water partition coefficient (Wildman–Crippen LogP) is 8.10. The molecule has 138 valence electrons. The Bertz CT molecular complexity index is 926. The molecule has 0 amide bonds. The molecule has 0 nitrogen and oxygen atoms in total. The second-order valence-corrected chi connectivity index (χ2v) is 9.03. The van der Waals surface area contributed by atoms with Crippen molar-refractivity contribution in [3.63, 3.8) is 0 Å². The van der Waals surface area contributed by atoms with Gasteiger partial charge in [0.15, 0.2) is 0 Å². The highest BCUT2D eigenvalue weighted by Gasteiger charge is 2.07. The molecular formula is C26H22S2. The Morgan fingerprint density at radius 3 is 1.18 bits per heavy atom. The highest BCUT2D eigenvalue weighted by molar-refractivity contribution is 8.76. The van der Waals surface area contributed by atoms with Crippen LogP contribution in [0.1, 0.15) is 11.1 Å². The minimum Gasteiger partial charge on any atom is -0.0890 e. The van der Waals surface area contributed by atoms with E-state index in [-0.39, 0.29) is 0 Å². The molecule has 0 spiro atoms. The molecule has 0 aromatic heterocycles. The lowest BCUT2D eigenvalue weighted by molar-refractivity contribution is 1.41. The lowest BCUT2D eigenvalue weighted by Crippen LogP contribution is -1.88.